The van der Waals surface area contributed by atoms with Crippen LogP contribution in [0.1, 0.15) is 22.5 Å². The van der Waals surface area contributed by atoms with Crippen molar-refractivity contribution in [2.75, 3.05) is 33.4 Å². The Morgan fingerprint density at radius 3 is 2.78 bits per heavy atom. The molecule has 0 spiro atoms. The summed E-state index contributed by atoms with van der Waals surface area (Å²) in [5.41, 5.74) is 6.99. The molecule has 0 fully saturated rings. The molecule has 1 aromatic heterocycles. The molecule has 18 heavy (non-hydrogen) atoms. The van der Waals surface area contributed by atoms with Gasteiger partial charge in [-0.1, -0.05) is 0 Å². The Kier molecular flexibility index (Phi) is 6.32. The van der Waals surface area contributed by atoms with Gasteiger partial charge in [0.1, 0.15) is 0 Å². The van der Waals surface area contributed by atoms with E-state index < -0.39 is 0 Å². The number of hydrogen-bond acceptors (Lipinski definition) is 4. The van der Waals surface area contributed by atoms with Gasteiger partial charge in [0.25, 0.3) is 5.91 Å². The largest absolute Gasteiger partial charge is 0.383 e. The fraction of sp³-hybridized carbons (Fsp3) is 0.538. The number of nitrogens with zero attached hydrogens (tertiary/aromatic N) is 2. The standard InChI is InChI=1S/C13H21N3O2/c1-11-4-5-12(10-15-11)13(17)16(7-3-6-14)8-9-18-2/h4-5,10H,3,6-9,14H2,1-2H3. The number of rotatable bonds is 7. The first-order valence-corrected chi connectivity index (χ1v) is 6.10. The molecule has 0 aliphatic rings. The van der Waals surface area contributed by atoms with Crippen molar-refractivity contribution in [1.82, 2.24) is 9.88 Å². The zero-order chi connectivity index (χ0) is 13.4. The fourth-order valence-electron chi connectivity index (χ4n) is 1.58. The summed E-state index contributed by atoms with van der Waals surface area (Å²) in [6, 6.07) is 3.64. The summed E-state index contributed by atoms with van der Waals surface area (Å²) in [4.78, 5) is 18.1. The van der Waals surface area contributed by atoms with Gasteiger partial charge in [0.15, 0.2) is 0 Å². The Hall–Kier alpha value is -1.46. The molecule has 2 N–H and O–H groups in total. The summed E-state index contributed by atoms with van der Waals surface area (Å²) in [6.45, 7) is 4.21. The van der Waals surface area contributed by atoms with Gasteiger partial charge in [-0.05, 0) is 32.0 Å². The molecule has 1 rings (SSSR count). The third kappa shape index (κ3) is 4.43. The summed E-state index contributed by atoms with van der Waals surface area (Å²) >= 11 is 0. The highest BCUT2D eigenvalue weighted by molar-refractivity contribution is 5.93. The topological polar surface area (TPSA) is 68.5 Å². The van der Waals surface area contributed by atoms with Crippen molar-refractivity contribution in [1.29, 1.82) is 0 Å². The highest BCUT2D eigenvalue weighted by Crippen LogP contribution is 2.05. The van der Waals surface area contributed by atoms with Crippen molar-refractivity contribution in [3.8, 4) is 0 Å². The van der Waals surface area contributed by atoms with Gasteiger partial charge in [-0.3, -0.25) is 9.78 Å². The number of hydrogen-bond donors (Lipinski definition) is 1. The average Bonchev–Trinajstić information content (AvgIpc) is 2.39. The average molecular weight is 251 g/mol. The van der Waals surface area contributed by atoms with E-state index in [9.17, 15) is 4.79 Å². The number of carbonyl (C=O) groups excluding carboxylic acids is 1. The maximum Gasteiger partial charge on any atom is 0.255 e. The van der Waals surface area contributed by atoms with E-state index >= 15 is 0 Å². The zero-order valence-electron chi connectivity index (χ0n) is 11.1. The molecule has 0 unspecified atom stereocenters. The monoisotopic (exact) mass is 251 g/mol. The maximum absolute atomic E-state index is 12.3. The van der Waals surface area contributed by atoms with Crippen LogP contribution in [0.15, 0.2) is 18.3 Å². The van der Waals surface area contributed by atoms with Crippen LogP contribution in [0.25, 0.3) is 0 Å². The summed E-state index contributed by atoms with van der Waals surface area (Å²) in [7, 11) is 1.62. The van der Waals surface area contributed by atoms with Crippen LogP contribution >= 0.6 is 0 Å². The normalized spacial score (nSPS) is 10.4. The number of aryl methyl sites for hydroxylation is 1. The SMILES string of the molecule is COCCN(CCCN)C(=O)c1ccc(C)nc1. The van der Waals surface area contributed by atoms with Crippen LogP contribution in [0, 0.1) is 6.92 Å². The molecule has 0 bridgehead atoms. The zero-order valence-corrected chi connectivity index (χ0v) is 11.1. The van der Waals surface area contributed by atoms with Crippen molar-refractivity contribution in [2.24, 2.45) is 5.73 Å². The van der Waals surface area contributed by atoms with Gasteiger partial charge in [-0.25, -0.2) is 0 Å². The molecule has 0 atom stereocenters. The number of methoxy groups -OCH3 is 1. The van der Waals surface area contributed by atoms with Gasteiger partial charge in [0.05, 0.1) is 12.2 Å². The second-order valence-electron chi connectivity index (χ2n) is 4.12. The Labute approximate surface area is 108 Å². The lowest BCUT2D eigenvalue weighted by molar-refractivity contribution is 0.0694. The minimum absolute atomic E-state index is 0.0204. The molecule has 0 aliphatic heterocycles. The number of amides is 1. The van der Waals surface area contributed by atoms with E-state index in [1.807, 2.05) is 13.0 Å². The molecule has 0 aromatic carbocycles. The second-order valence-corrected chi connectivity index (χ2v) is 4.12. The van der Waals surface area contributed by atoms with Crippen LogP contribution in [-0.2, 0) is 4.74 Å². The minimum Gasteiger partial charge on any atom is -0.383 e. The minimum atomic E-state index is -0.0204. The van der Waals surface area contributed by atoms with Gasteiger partial charge in [-0.2, -0.15) is 0 Å². The van der Waals surface area contributed by atoms with E-state index in [0.717, 1.165) is 12.1 Å². The van der Waals surface area contributed by atoms with E-state index in [-0.39, 0.29) is 5.91 Å². The quantitative estimate of drug-likeness (QED) is 0.779. The summed E-state index contributed by atoms with van der Waals surface area (Å²) in [5.74, 6) is -0.0204. The number of nitrogens with two attached hydrogens (primary N) is 1. The van der Waals surface area contributed by atoms with Crippen molar-refractivity contribution < 1.29 is 9.53 Å². The molecule has 100 valence electrons. The van der Waals surface area contributed by atoms with Crippen LogP contribution in [0.5, 0.6) is 0 Å². The van der Waals surface area contributed by atoms with Gasteiger partial charge in [0.2, 0.25) is 0 Å². The molecule has 0 radical (unpaired) electrons. The molecule has 1 amide bonds. The van der Waals surface area contributed by atoms with E-state index in [1.54, 1.807) is 24.3 Å². The first-order valence-electron chi connectivity index (χ1n) is 6.10. The Morgan fingerprint density at radius 2 is 2.22 bits per heavy atom. The second kappa shape index (κ2) is 7.79. The summed E-state index contributed by atoms with van der Waals surface area (Å²) in [6.07, 6.45) is 2.40. The van der Waals surface area contributed by atoms with Gasteiger partial charge >= 0.3 is 0 Å². The molecule has 0 saturated heterocycles. The number of aromatic nitrogens is 1. The van der Waals surface area contributed by atoms with Gasteiger partial charge in [0, 0.05) is 32.1 Å². The van der Waals surface area contributed by atoms with Gasteiger partial charge < -0.3 is 15.4 Å². The number of ether oxygens (including phenoxy) is 1. The van der Waals surface area contributed by atoms with Crippen molar-refractivity contribution >= 4 is 5.91 Å². The fourth-order valence-corrected chi connectivity index (χ4v) is 1.58. The smallest absolute Gasteiger partial charge is 0.255 e. The van der Waals surface area contributed by atoms with E-state index in [0.29, 0.717) is 31.8 Å². The van der Waals surface area contributed by atoms with Crippen LogP contribution in [0.4, 0.5) is 0 Å². The van der Waals surface area contributed by atoms with Crippen LogP contribution in [0.3, 0.4) is 0 Å². The van der Waals surface area contributed by atoms with Gasteiger partial charge in [-0.15, -0.1) is 0 Å². The first-order chi connectivity index (χ1) is 8.69. The maximum atomic E-state index is 12.3. The lowest BCUT2D eigenvalue weighted by Crippen LogP contribution is -2.35. The van der Waals surface area contributed by atoms with E-state index in [4.69, 9.17) is 10.5 Å². The van der Waals surface area contributed by atoms with Crippen LogP contribution in [0.2, 0.25) is 0 Å². The molecule has 0 saturated carbocycles. The lowest BCUT2D eigenvalue weighted by atomic mass is 10.2. The lowest BCUT2D eigenvalue weighted by Gasteiger charge is -2.22. The van der Waals surface area contributed by atoms with Crippen molar-refractivity contribution in [2.45, 2.75) is 13.3 Å². The Balaban J connectivity index is 2.70. The van der Waals surface area contributed by atoms with Crippen molar-refractivity contribution in [3.05, 3.63) is 29.6 Å². The van der Waals surface area contributed by atoms with E-state index in [2.05, 4.69) is 4.98 Å². The van der Waals surface area contributed by atoms with E-state index in [1.165, 1.54) is 0 Å². The third-order valence-corrected chi connectivity index (χ3v) is 2.64. The molecular weight excluding hydrogens is 230 g/mol. The highest BCUT2D eigenvalue weighted by Gasteiger charge is 2.15. The predicted molar refractivity (Wildman–Crippen MR) is 70.4 cm³/mol. The van der Waals surface area contributed by atoms with Crippen molar-refractivity contribution in [3.63, 3.8) is 0 Å². The highest BCUT2D eigenvalue weighted by atomic mass is 16.5. The first kappa shape index (κ1) is 14.6. The molecule has 1 aromatic rings. The number of pyridine rings is 1. The summed E-state index contributed by atoms with van der Waals surface area (Å²) in [5, 5.41) is 0. The van der Waals surface area contributed by atoms with Crippen LogP contribution in [-0.4, -0.2) is 49.1 Å². The predicted octanol–water partition coefficient (Wildman–Crippen LogP) is 0.827. The molecular formula is C13H21N3O2. The Bertz CT molecular complexity index is 357. The molecule has 5 heteroatoms. The molecule has 5 nitrogen and oxygen atoms in total. The summed E-state index contributed by atoms with van der Waals surface area (Å²) < 4.78 is 5.02. The number of carbonyl (C=O) groups is 1. The molecule has 0 aliphatic carbocycles. The third-order valence-electron chi connectivity index (χ3n) is 2.64. The Morgan fingerprint density at radius 1 is 1.44 bits per heavy atom. The van der Waals surface area contributed by atoms with Crippen LogP contribution < -0.4 is 5.73 Å². The molecule has 1 heterocycles.